The Morgan fingerprint density at radius 1 is 1.33 bits per heavy atom. The van der Waals surface area contributed by atoms with Crippen LogP contribution in [0.4, 0.5) is 9.18 Å². The van der Waals surface area contributed by atoms with Crippen molar-refractivity contribution in [2.75, 3.05) is 6.54 Å². The number of carbonyl (C=O) groups is 2. The van der Waals surface area contributed by atoms with Gasteiger partial charge in [0.1, 0.15) is 12.4 Å². The van der Waals surface area contributed by atoms with Crippen LogP contribution in [0.3, 0.4) is 0 Å². The SMILES string of the molecule is O=C(O)CNC(=O)NC1(c2ccccc2F)CC1. The molecule has 0 unspecified atom stereocenters. The maximum Gasteiger partial charge on any atom is 0.323 e. The Labute approximate surface area is 103 Å². The molecular weight excluding hydrogens is 239 g/mol. The molecule has 0 radical (unpaired) electrons. The van der Waals surface area contributed by atoms with Crippen molar-refractivity contribution in [2.45, 2.75) is 18.4 Å². The Bertz CT molecular complexity index is 486. The summed E-state index contributed by atoms with van der Waals surface area (Å²) in [5.74, 6) is -1.49. The maximum atomic E-state index is 13.6. The number of carboxylic acids is 1. The van der Waals surface area contributed by atoms with Crippen molar-refractivity contribution in [2.24, 2.45) is 0 Å². The number of carbonyl (C=O) groups excluding carboxylic acids is 1. The van der Waals surface area contributed by atoms with E-state index < -0.39 is 24.1 Å². The van der Waals surface area contributed by atoms with E-state index in [1.54, 1.807) is 18.2 Å². The third-order valence-corrected chi connectivity index (χ3v) is 2.89. The predicted octanol–water partition coefficient (Wildman–Crippen LogP) is 1.20. The van der Waals surface area contributed by atoms with Crippen LogP contribution < -0.4 is 10.6 Å². The number of amides is 2. The number of urea groups is 1. The minimum absolute atomic E-state index is 0.367. The minimum atomic E-state index is -1.12. The Balaban J connectivity index is 2.03. The molecule has 0 saturated heterocycles. The summed E-state index contributed by atoms with van der Waals surface area (Å²) in [6, 6.07) is 5.65. The highest BCUT2D eigenvalue weighted by Crippen LogP contribution is 2.46. The van der Waals surface area contributed by atoms with Gasteiger partial charge in [0.15, 0.2) is 0 Å². The highest BCUT2D eigenvalue weighted by molar-refractivity contribution is 5.80. The zero-order chi connectivity index (χ0) is 13.2. The highest BCUT2D eigenvalue weighted by atomic mass is 19.1. The lowest BCUT2D eigenvalue weighted by molar-refractivity contribution is -0.135. The van der Waals surface area contributed by atoms with E-state index >= 15 is 0 Å². The van der Waals surface area contributed by atoms with Gasteiger partial charge in [0.05, 0.1) is 5.54 Å². The van der Waals surface area contributed by atoms with Crippen LogP contribution in [-0.4, -0.2) is 23.7 Å². The van der Waals surface area contributed by atoms with E-state index in [0.29, 0.717) is 18.4 Å². The molecule has 0 aromatic heterocycles. The maximum absolute atomic E-state index is 13.6. The lowest BCUT2D eigenvalue weighted by Gasteiger charge is -2.18. The lowest BCUT2D eigenvalue weighted by Crippen LogP contribution is -2.44. The van der Waals surface area contributed by atoms with Crippen LogP contribution in [0.5, 0.6) is 0 Å². The predicted molar refractivity (Wildman–Crippen MR) is 61.5 cm³/mol. The molecule has 6 heteroatoms. The summed E-state index contributed by atoms with van der Waals surface area (Å²) < 4.78 is 13.6. The molecule has 0 bridgehead atoms. The van der Waals surface area contributed by atoms with Gasteiger partial charge in [-0.15, -0.1) is 0 Å². The monoisotopic (exact) mass is 252 g/mol. The molecule has 0 atom stereocenters. The van der Waals surface area contributed by atoms with Gasteiger partial charge in [0.25, 0.3) is 0 Å². The molecule has 1 saturated carbocycles. The van der Waals surface area contributed by atoms with Crippen LogP contribution >= 0.6 is 0 Å². The first kappa shape index (κ1) is 12.3. The van der Waals surface area contributed by atoms with Gasteiger partial charge in [-0.1, -0.05) is 18.2 Å². The van der Waals surface area contributed by atoms with Crippen molar-refractivity contribution in [1.82, 2.24) is 10.6 Å². The van der Waals surface area contributed by atoms with E-state index in [4.69, 9.17) is 5.11 Å². The van der Waals surface area contributed by atoms with Crippen LogP contribution in [0.2, 0.25) is 0 Å². The van der Waals surface area contributed by atoms with Gasteiger partial charge in [-0.05, 0) is 18.9 Å². The largest absolute Gasteiger partial charge is 0.480 e. The summed E-state index contributed by atoms with van der Waals surface area (Å²) in [5.41, 5.74) is -0.246. The summed E-state index contributed by atoms with van der Waals surface area (Å²) in [7, 11) is 0. The van der Waals surface area contributed by atoms with Crippen molar-refractivity contribution < 1.29 is 19.1 Å². The van der Waals surface area contributed by atoms with Crippen LogP contribution in [0.15, 0.2) is 24.3 Å². The molecule has 5 nitrogen and oxygen atoms in total. The molecule has 1 aromatic rings. The van der Waals surface area contributed by atoms with Gasteiger partial charge in [-0.2, -0.15) is 0 Å². The number of rotatable bonds is 4. The molecule has 0 spiro atoms. The Hall–Kier alpha value is -2.11. The van der Waals surface area contributed by atoms with Crippen LogP contribution in [0.1, 0.15) is 18.4 Å². The molecule has 18 heavy (non-hydrogen) atoms. The molecule has 1 aliphatic carbocycles. The highest BCUT2D eigenvalue weighted by Gasteiger charge is 2.47. The van der Waals surface area contributed by atoms with Crippen LogP contribution in [0, 0.1) is 5.82 Å². The first-order chi connectivity index (χ1) is 8.53. The molecule has 1 aliphatic rings. The van der Waals surface area contributed by atoms with E-state index in [1.165, 1.54) is 6.07 Å². The van der Waals surface area contributed by atoms with Gasteiger partial charge in [0, 0.05) is 5.56 Å². The van der Waals surface area contributed by atoms with Crippen molar-refractivity contribution in [1.29, 1.82) is 0 Å². The summed E-state index contributed by atoms with van der Waals surface area (Å²) >= 11 is 0. The average Bonchev–Trinajstić information content (AvgIpc) is 3.08. The summed E-state index contributed by atoms with van der Waals surface area (Å²) in [6.07, 6.45) is 1.29. The molecule has 1 fully saturated rings. The number of carboxylic acid groups (broad SMARTS) is 1. The van der Waals surface area contributed by atoms with Crippen molar-refractivity contribution >= 4 is 12.0 Å². The number of hydrogen-bond acceptors (Lipinski definition) is 2. The summed E-state index contributed by atoms with van der Waals surface area (Å²) in [4.78, 5) is 21.8. The topological polar surface area (TPSA) is 78.4 Å². The van der Waals surface area contributed by atoms with E-state index in [-0.39, 0.29) is 5.82 Å². The van der Waals surface area contributed by atoms with Crippen molar-refractivity contribution in [3.63, 3.8) is 0 Å². The number of nitrogens with one attached hydrogen (secondary N) is 2. The quantitative estimate of drug-likeness (QED) is 0.753. The molecule has 1 aromatic carbocycles. The zero-order valence-corrected chi connectivity index (χ0v) is 9.57. The molecule has 0 heterocycles. The minimum Gasteiger partial charge on any atom is -0.480 e. The summed E-state index contributed by atoms with van der Waals surface area (Å²) in [6.45, 7) is -0.459. The fourth-order valence-electron chi connectivity index (χ4n) is 1.85. The van der Waals surface area contributed by atoms with E-state index in [0.717, 1.165) is 0 Å². The third-order valence-electron chi connectivity index (χ3n) is 2.89. The van der Waals surface area contributed by atoms with Crippen molar-refractivity contribution in [3.8, 4) is 0 Å². The van der Waals surface area contributed by atoms with Crippen LogP contribution in [-0.2, 0) is 10.3 Å². The molecule has 2 amide bonds. The lowest BCUT2D eigenvalue weighted by atomic mass is 10.0. The van der Waals surface area contributed by atoms with E-state index in [1.807, 2.05) is 0 Å². The zero-order valence-electron chi connectivity index (χ0n) is 9.57. The smallest absolute Gasteiger partial charge is 0.323 e. The second-order valence-electron chi connectivity index (χ2n) is 4.26. The third kappa shape index (κ3) is 2.58. The van der Waals surface area contributed by atoms with Gasteiger partial charge in [0.2, 0.25) is 0 Å². The Morgan fingerprint density at radius 3 is 2.56 bits per heavy atom. The van der Waals surface area contributed by atoms with Crippen molar-refractivity contribution in [3.05, 3.63) is 35.6 Å². The van der Waals surface area contributed by atoms with Gasteiger partial charge < -0.3 is 15.7 Å². The number of aliphatic carboxylic acids is 1. The van der Waals surface area contributed by atoms with Gasteiger partial charge in [-0.3, -0.25) is 4.79 Å². The van der Waals surface area contributed by atoms with Crippen LogP contribution in [0.25, 0.3) is 0 Å². The Morgan fingerprint density at radius 2 is 2.00 bits per heavy atom. The normalized spacial score (nSPS) is 15.8. The molecule has 3 N–H and O–H groups in total. The molecule has 2 rings (SSSR count). The second-order valence-corrected chi connectivity index (χ2v) is 4.26. The first-order valence-corrected chi connectivity index (χ1v) is 5.56. The molecular formula is C12H13FN2O3. The van der Waals surface area contributed by atoms with E-state index in [2.05, 4.69) is 10.6 Å². The van der Waals surface area contributed by atoms with Gasteiger partial charge >= 0.3 is 12.0 Å². The average molecular weight is 252 g/mol. The number of halogens is 1. The molecule has 0 aliphatic heterocycles. The number of benzene rings is 1. The Kier molecular flexibility index (Phi) is 3.18. The van der Waals surface area contributed by atoms with Gasteiger partial charge in [-0.25, -0.2) is 9.18 Å². The summed E-state index contributed by atoms with van der Waals surface area (Å²) in [5, 5.41) is 13.3. The van der Waals surface area contributed by atoms with E-state index in [9.17, 15) is 14.0 Å². The standard InChI is InChI=1S/C12H13FN2O3/c13-9-4-2-1-3-8(9)12(5-6-12)15-11(18)14-7-10(16)17/h1-4H,5-7H2,(H,16,17)(H2,14,15,18). The first-order valence-electron chi connectivity index (χ1n) is 5.56. The fourth-order valence-corrected chi connectivity index (χ4v) is 1.85. The molecule has 96 valence electrons. The second kappa shape index (κ2) is 4.64. The fraction of sp³-hybridized carbons (Fsp3) is 0.333. The number of hydrogen-bond donors (Lipinski definition) is 3.